The molecule has 0 N–H and O–H groups in total. The van der Waals surface area contributed by atoms with E-state index in [-0.39, 0.29) is 50.0 Å². The number of fused-ring (bicyclic) bond motifs is 8. The summed E-state index contributed by atoms with van der Waals surface area (Å²) in [4.78, 5) is 5.57. The van der Waals surface area contributed by atoms with Crippen molar-refractivity contribution in [3.63, 3.8) is 0 Å². The van der Waals surface area contributed by atoms with Crippen molar-refractivity contribution in [3.05, 3.63) is 122 Å². The molecule has 0 fully saturated rings. The number of anilines is 6. The summed E-state index contributed by atoms with van der Waals surface area (Å²) in [6.07, 6.45) is 9.60. The van der Waals surface area contributed by atoms with E-state index in [9.17, 15) is 0 Å². The Kier molecular flexibility index (Phi) is 9.88. The zero-order valence-electron chi connectivity index (χ0n) is 46.6. The molecule has 2 aliphatic heterocycles. The van der Waals surface area contributed by atoms with Crippen molar-refractivity contribution in [1.82, 2.24) is 0 Å². The molecule has 5 aromatic rings. The van der Waals surface area contributed by atoms with Gasteiger partial charge in [0.15, 0.2) is 0 Å². The van der Waals surface area contributed by atoms with Crippen LogP contribution in [0.25, 0.3) is 0 Å². The second kappa shape index (κ2) is 14.5. The Hall–Kier alpha value is -4.24. The van der Waals surface area contributed by atoms with Gasteiger partial charge in [-0.1, -0.05) is 149 Å². The molecule has 0 aromatic heterocycles. The molecular weight excluding hydrogens is 832 g/mol. The van der Waals surface area contributed by atoms with E-state index in [0.29, 0.717) is 5.92 Å². The smallest absolute Gasteiger partial charge is 0.252 e. The first kappa shape index (κ1) is 47.1. The fourth-order valence-electron chi connectivity index (χ4n) is 15.0. The predicted molar refractivity (Wildman–Crippen MR) is 300 cm³/mol. The summed E-state index contributed by atoms with van der Waals surface area (Å²) in [5, 5.41) is 0. The summed E-state index contributed by atoms with van der Waals surface area (Å²) >= 11 is 0. The minimum atomic E-state index is 0.0679. The van der Waals surface area contributed by atoms with Gasteiger partial charge in [-0.2, -0.15) is 0 Å². The van der Waals surface area contributed by atoms with Gasteiger partial charge in [0.05, 0.1) is 0 Å². The lowest BCUT2D eigenvalue weighted by molar-refractivity contribution is 0.330. The number of nitrogens with zero attached hydrogens (tertiary/aromatic N) is 2. The topological polar surface area (TPSA) is 6.48 Å². The van der Waals surface area contributed by atoms with Gasteiger partial charge < -0.3 is 9.80 Å². The molecule has 0 saturated carbocycles. The molecule has 0 spiro atoms. The number of rotatable bonds is 3. The first-order chi connectivity index (χ1) is 31.9. The van der Waals surface area contributed by atoms with Crippen LogP contribution in [0.5, 0.6) is 0 Å². The highest BCUT2D eigenvalue weighted by Crippen LogP contribution is 2.56. The van der Waals surface area contributed by atoms with Crippen LogP contribution in [-0.2, 0) is 43.3 Å². The minimum absolute atomic E-state index is 0.0679. The summed E-state index contributed by atoms with van der Waals surface area (Å²) in [5.74, 6) is 0.343. The molecular formula is C66H85BN2. The Morgan fingerprint density at radius 1 is 0.377 bits per heavy atom. The summed E-state index contributed by atoms with van der Waals surface area (Å²) in [5.41, 5.74) is 28.4. The van der Waals surface area contributed by atoms with Crippen LogP contribution in [0.3, 0.4) is 0 Å². The second-order valence-corrected chi connectivity index (χ2v) is 29.1. The Bertz CT molecular complexity index is 3020. The average Bonchev–Trinajstić information content (AvgIpc) is 3.26. The molecule has 0 bridgehead atoms. The SMILES string of the molecule is Cc1c(N2c3cc4c(cc3B3c5cc6c(cc5N(c5ccc7c(c5)C(C)(C)CCC7(C)C)c5cc(C(C)C)cc2c53)C(C)(C)CCC6(C)C)C(C)(C)CCC4(C)C)ccc2c1C(C)(C)CCC2(C)C. The van der Waals surface area contributed by atoms with Crippen LogP contribution in [-0.4, -0.2) is 6.71 Å². The van der Waals surface area contributed by atoms with E-state index < -0.39 is 0 Å². The molecule has 11 rings (SSSR count). The van der Waals surface area contributed by atoms with E-state index >= 15 is 0 Å². The van der Waals surface area contributed by atoms with Crippen LogP contribution in [0.4, 0.5) is 34.1 Å². The van der Waals surface area contributed by atoms with E-state index in [0.717, 1.165) is 0 Å². The lowest BCUT2D eigenvalue weighted by atomic mass is 9.32. The third kappa shape index (κ3) is 6.76. The highest BCUT2D eigenvalue weighted by atomic mass is 15.2. The average molecular weight is 917 g/mol. The van der Waals surface area contributed by atoms with E-state index in [1.165, 1.54) is 141 Å². The maximum atomic E-state index is 2.80. The molecule has 0 unspecified atom stereocenters. The summed E-state index contributed by atoms with van der Waals surface area (Å²) in [6, 6.07) is 28.9. The van der Waals surface area contributed by atoms with Gasteiger partial charge in [0, 0.05) is 34.1 Å². The molecule has 5 aromatic carbocycles. The van der Waals surface area contributed by atoms with Crippen LogP contribution in [0.1, 0.15) is 238 Å². The zero-order valence-corrected chi connectivity index (χ0v) is 46.6. The summed E-state index contributed by atoms with van der Waals surface area (Å²) < 4.78 is 0. The van der Waals surface area contributed by atoms with Crippen molar-refractivity contribution in [2.24, 2.45) is 0 Å². The minimum Gasteiger partial charge on any atom is -0.311 e. The Labute approximate surface area is 419 Å². The van der Waals surface area contributed by atoms with E-state index in [4.69, 9.17) is 0 Å². The van der Waals surface area contributed by atoms with Gasteiger partial charge in [0.1, 0.15) is 0 Å². The van der Waals surface area contributed by atoms with Gasteiger partial charge in [-0.15, -0.1) is 0 Å². The van der Waals surface area contributed by atoms with E-state index in [1.54, 1.807) is 16.7 Å². The van der Waals surface area contributed by atoms with Gasteiger partial charge in [-0.3, -0.25) is 0 Å². The maximum absolute atomic E-state index is 2.80. The van der Waals surface area contributed by atoms with Gasteiger partial charge in [-0.05, 0) is 222 Å². The molecule has 0 atom stereocenters. The van der Waals surface area contributed by atoms with Crippen LogP contribution < -0.4 is 26.2 Å². The van der Waals surface area contributed by atoms with Gasteiger partial charge >= 0.3 is 0 Å². The highest BCUT2D eigenvalue weighted by Gasteiger charge is 2.50. The molecule has 2 heterocycles. The molecule has 6 aliphatic rings. The largest absolute Gasteiger partial charge is 0.311 e. The van der Waals surface area contributed by atoms with Gasteiger partial charge in [0.2, 0.25) is 0 Å². The van der Waals surface area contributed by atoms with Crippen molar-refractivity contribution >= 4 is 57.2 Å². The Morgan fingerprint density at radius 3 is 1.23 bits per heavy atom. The van der Waals surface area contributed by atoms with Crippen molar-refractivity contribution in [3.8, 4) is 0 Å². The van der Waals surface area contributed by atoms with Gasteiger partial charge in [0.25, 0.3) is 6.71 Å². The van der Waals surface area contributed by atoms with Crippen LogP contribution in [0, 0.1) is 6.92 Å². The fraction of sp³-hybridized carbons (Fsp3) is 0.545. The first-order valence-corrected chi connectivity index (χ1v) is 27.3. The number of hydrogen-bond acceptors (Lipinski definition) is 2. The number of hydrogen-bond donors (Lipinski definition) is 0. The lowest BCUT2D eigenvalue weighted by Gasteiger charge is -2.50. The van der Waals surface area contributed by atoms with Crippen molar-refractivity contribution in [2.75, 3.05) is 9.80 Å². The third-order valence-electron chi connectivity index (χ3n) is 20.3. The van der Waals surface area contributed by atoms with Crippen LogP contribution >= 0.6 is 0 Å². The molecule has 2 nitrogen and oxygen atoms in total. The normalized spacial score (nSPS) is 22.9. The molecule has 4 aliphatic carbocycles. The van der Waals surface area contributed by atoms with Crippen LogP contribution in [0.2, 0.25) is 0 Å². The molecule has 362 valence electrons. The van der Waals surface area contributed by atoms with Gasteiger partial charge in [-0.25, -0.2) is 0 Å². The van der Waals surface area contributed by atoms with Crippen molar-refractivity contribution < 1.29 is 0 Å². The first-order valence-electron chi connectivity index (χ1n) is 27.3. The maximum Gasteiger partial charge on any atom is 0.252 e. The number of benzene rings is 5. The van der Waals surface area contributed by atoms with Crippen molar-refractivity contribution in [1.29, 1.82) is 0 Å². The fourth-order valence-corrected chi connectivity index (χ4v) is 15.0. The van der Waals surface area contributed by atoms with E-state index in [1.807, 2.05) is 0 Å². The standard InChI is InChI=1S/C66H85BN2/c1-39(2)41-32-55-58-56(33-41)69(52-23-22-44-57(40(52)3)66(18,19)31-30-60(44,6)7)54-38-49-47(63(12,13)27-29-65(49,16)17)36-51(54)67(58)50-35-46-48(64(14,15)28-26-62(46,10)11)37-53(50)68(55)42-20-21-43-45(34-42)61(8,9)25-24-59(43,4)5/h20-23,32-39H,24-31H2,1-19H3. The molecule has 0 saturated heterocycles. The summed E-state index contributed by atoms with van der Waals surface area (Å²) in [6.45, 7) is 47.4. The third-order valence-corrected chi connectivity index (χ3v) is 20.3. The van der Waals surface area contributed by atoms with E-state index in [2.05, 4.69) is 208 Å². The lowest BCUT2D eigenvalue weighted by Crippen LogP contribution is -2.62. The second-order valence-electron chi connectivity index (χ2n) is 29.1. The molecule has 3 heteroatoms. The monoisotopic (exact) mass is 917 g/mol. The zero-order chi connectivity index (χ0) is 49.7. The Balaban J connectivity index is 1.30. The predicted octanol–water partition coefficient (Wildman–Crippen LogP) is 16.6. The van der Waals surface area contributed by atoms with Crippen LogP contribution in [0.15, 0.2) is 66.7 Å². The van der Waals surface area contributed by atoms with Crippen molar-refractivity contribution in [2.45, 2.75) is 232 Å². The quantitative estimate of drug-likeness (QED) is 0.163. The molecule has 0 amide bonds. The Morgan fingerprint density at radius 2 is 0.754 bits per heavy atom. The summed E-state index contributed by atoms with van der Waals surface area (Å²) in [7, 11) is 0. The highest BCUT2D eigenvalue weighted by molar-refractivity contribution is 7.00. The molecule has 0 radical (unpaired) electrons. The molecule has 69 heavy (non-hydrogen) atoms.